The van der Waals surface area contributed by atoms with Crippen molar-refractivity contribution in [3.8, 4) is 0 Å². The van der Waals surface area contributed by atoms with Crippen LogP contribution in [0, 0.1) is 0 Å². The third-order valence-corrected chi connectivity index (χ3v) is 6.78. The normalized spacial score (nSPS) is 26.4. The number of fused-ring (bicyclic) bond motifs is 3. The first-order valence-electron chi connectivity index (χ1n) is 8.98. The maximum absolute atomic E-state index is 6.43. The first-order valence-corrected chi connectivity index (χ1v) is 9.73. The maximum atomic E-state index is 6.43. The summed E-state index contributed by atoms with van der Waals surface area (Å²) < 4.78 is 0. The summed E-state index contributed by atoms with van der Waals surface area (Å²) in [7, 11) is 4.38. The predicted octanol–water partition coefficient (Wildman–Crippen LogP) is 4.82. The van der Waals surface area contributed by atoms with Gasteiger partial charge >= 0.3 is 0 Å². The molecule has 2 aromatic rings. The number of hydrogen-bond acceptors (Lipinski definition) is 2. The average molecular weight is 375 g/mol. The molecule has 0 spiro atoms. The minimum Gasteiger partial charge on any atom is -0.306 e. The molecule has 1 saturated heterocycles. The number of hydrogen-bond donors (Lipinski definition) is 0. The van der Waals surface area contributed by atoms with Gasteiger partial charge in [-0.2, -0.15) is 0 Å². The van der Waals surface area contributed by atoms with Gasteiger partial charge in [-0.15, -0.1) is 0 Å². The molecule has 2 atom stereocenters. The van der Waals surface area contributed by atoms with Crippen LogP contribution in [0.4, 0.5) is 0 Å². The van der Waals surface area contributed by atoms with E-state index in [1.807, 2.05) is 6.07 Å². The Morgan fingerprint density at radius 1 is 1.04 bits per heavy atom. The summed E-state index contributed by atoms with van der Waals surface area (Å²) in [6, 6.07) is 15.7. The van der Waals surface area contributed by atoms with E-state index >= 15 is 0 Å². The van der Waals surface area contributed by atoms with E-state index in [1.54, 1.807) is 0 Å². The second-order valence-corrected chi connectivity index (χ2v) is 8.31. The molecule has 0 aromatic heterocycles. The summed E-state index contributed by atoms with van der Waals surface area (Å²) in [5.74, 6) is 0. The van der Waals surface area contributed by atoms with Crippen molar-refractivity contribution < 1.29 is 0 Å². The van der Waals surface area contributed by atoms with Crippen LogP contribution >= 0.6 is 23.2 Å². The Morgan fingerprint density at radius 2 is 1.84 bits per heavy atom. The Balaban J connectivity index is 1.93. The van der Waals surface area contributed by atoms with Crippen LogP contribution < -0.4 is 0 Å². The van der Waals surface area contributed by atoms with Crippen LogP contribution in [0.2, 0.25) is 10.0 Å². The molecule has 4 heteroatoms. The van der Waals surface area contributed by atoms with Gasteiger partial charge in [-0.05, 0) is 62.2 Å². The number of benzene rings is 2. The molecule has 2 aliphatic heterocycles. The third-order valence-electron chi connectivity index (χ3n) is 6.04. The largest absolute Gasteiger partial charge is 0.306 e. The fourth-order valence-corrected chi connectivity index (χ4v) is 5.00. The van der Waals surface area contributed by atoms with Crippen LogP contribution in [-0.2, 0) is 12.0 Å². The highest BCUT2D eigenvalue weighted by Gasteiger charge is 2.48. The minimum atomic E-state index is -0.115. The molecule has 2 aromatic carbocycles. The molecule has 132 valence electrons. The van der Waals surface area contributed by atoms with Crippen LogP contribution in [0.1, 0.15) is 29.5 Å². The molecule has 0 aliphatic carbocycles. The monoisotopic (exact) mass is 374 g/mol. The van der Waals surface area contributed by atoms with Gasteiger partial charge in [-0.25, -0.2) is 0 Å². The van der Waals surface area contributed by atoms with Gasteiger partial charge in [-0.1, -0.05) is 53.5 Å². The Morgan fingerprint density at radius 3 is 2.60 bits per heavy atom. The zero-order valence-corrected chi connectivity index (χ0v) is 16.3. The first kappa shape index (κ1) is 17.4. The Kier molecular flexibility index (Phi) is 4.57. The van der Waals surface area contributed by atoms with Crippen LogP contribution in [0.15, 0.2) is 42.5 Å². The number of rotatable bonds is 2. The molecule has 2 unspecified atom stereocenters. The van der Waals surface area contributed by atoms with E-state index in [4.69, 9.17) is 23.2 Å². The van der Waals surface area contributed by atoms with Crippen LogP contribution in [0.25, 0.3) is 0 Å². The summed E-state index contributed by atoms with van der Waals surface area (Å²) >= 11 is 12.6. The highest BCUT2D eigenvalue weighted by molar-refractivity contribution is 6.42. The molecule has 0 bridgehead atoms. The molecule has 25 heavy (non-hydrogen) atoms. The maximum Gasteiger partial charge on any atom is 0.0733 e. The van der Waals surface area contributed by atoms with Crippen molar-refractivity contribution in [2.24, 2.45) is 0 Å². The topological polar surface area (TPSA) is 6.48 Å². The molecule has 2 aliphatic rings. The van der Waals surface area contributed by atoms with E-state index in [0.29, 0.717) is 16.1 Å². The number of nitrogens with zero attached hydrogens (tertiary/aromatic N) is 2. The van der Waals surface area contributed by atoms with Crippen molar-refractivity contribution in [3.05, 3.63) is 69.2 Å². The second-order valence-electron chi connectivity index (χ2n) is 7.49. The lowest BCUT2D eigenvalue weighted by Crippen LogP contribution is -2.58. The van der Waals surface area contributed by atoms with E-state index in [2.05, 4.69) is 60.3 Å². The minimum absolute atomic E-state index is 0.115. The van der Waals surface area contributed by atoms with Gasteiger partial charge in [0.25, 0.3) is 0 Å². The van der Waals surface area contributed by atoms with Gasteiger partial charge in [0.05, 0.1) is 15.6 Å². The van der Waals surface area contributed by atoms with Gasteiger partial charge in [0.2, 0.25) is 0 Å². The summed E-state index contributed by atoms with van der Waals surface area (Å²) in [4.78, 5) is 5.03. The lowest BCUT2D eigenvalue weighted by Gasteiger charge is -2.54. The van der Waals surface area contributed by atoms with Crippen LogP contribution in [0.3, 0.4) is 0 Å². The van der Waals surface area contributed by atoms with Gasteiger partial charge in [0.1, 0.15) is 0 Å². The molecular weight excluding hydrogens is 351 g/mol. The van der Waals surface area contributed by atoms with E-state index in [-0.39, 0.29) is 5.54 Å². The van der Waals surface area contributed by atoms with Crippen molar-refractivity contribution in [1.82, 2.24) is 9.80 Å². The SMILES string of the molecule is CN(C)C1CCN2CCc3ccccc3C2(c2ccc(Cl)c(Cl)c2)C1. The van der Waals surface area contributed by atoms with E-state index < -0.39 is 0 Å². The average Bonchev–Trinajstić information content (AvgIpc) is 2.63. The Hall–Kier alpha value is -1.06. The van der Waals surface area contributed by atoms with Gasteiger partial charge in [-0.3, -0.25) is 4.90 Å². The molecule has 2 nitrogen and oxygen atoms in total. The van der Waals surface area contributed by atoms with Gasteiger partial charge in [0.15, 0.2) is 0 Å². The van der Waals surface area contributed by atoms with Gasteiger partial charge in [0, 0.05) is 19.1 Å². The lowest BCUT2D eigenvalue weighted by molar-refractivity contribution is 0.0245. The van der Waals surface area contributed by atoms with Crippen LogP contribution in [-0.4, -0.2) is 43.0 Å². The van der Waals surface area contributed by atoms with Crippen molar-refractivity contribution in [2.45, 2.75) is 30.8 Å². The summed E-state index contributed by atoms with van der Waals surface area (Å²) in [6.45, 7) is 2.20. The molecule has 0 N–H and O–H groups in total. The molecule has 1 fully saturated rings. The third kappa shape index (κ3) is 2.80. The molecule has 4 rings (SSSR count). The Bertz CT molecular complexity index is 789. The van der Waals surface area contributed by atoms with Crippen molar-refractivity contribution in [2.75, 3.05) is 27.2 Å². The summed E-state index contributed by atoms with van der Waals surface area (Å²) in [6.07, 6.45) is 3.40. The molecule has 0 amide bonds. The smallest absolute Gasteiger partial charge is 0.0733 e. The predicted molar refractivity (Wildman–Crippen MR) is 106 cm³/mol. The summed E-state index contributed by atoms with van der Waals surface area (Å²) in [5, 5.41) is 1.26. The molecule has 0 radical (unpaired) electrons. The number of halogens is 2. The lowest BCUT2D eigenvalue weighted by atomic mass is 9.69. The van der Waals surface area contributed by atoms with Crippen molar-refractivity contribution in [1.29, 1.82) is 0 Å². The fraction of sp³-hybridized carbons (Fsp3) is 0.429. The van der Waals surface area contributed by atoms with Crippen LogP contribution in [0.5, 0.6) is 0 Å². The summed E-state index contributed by atoms with van der Waals surface area (Å²) in [5.41, 5.74) is 4.05. The standard InChI is InChI=1S/C21H24Cl2N2/c1-24(2)17-10-12-25-11-9-15-5-3-4-6-18(15)21(25,14-17)16-7-8-19(22)20(23)13-16/h3-8,13,17H,9-12,14H2,1-2H3. The second kappa shape index (κ2) is 6.59. The molecular formula is C21H24Cl2N2. The van der Waals surface area contributed by atoms with Crippen molar-refractivity contribution in [3.63, 3.8) is 0 Å². The zero-order chi connectivity index (χ0) is 17.6. The van der Waals surface area contributed by atoms with Gasteiger partial charge < -0.3 is 4.90 Å². The van der Waals surface area contributed by atoms with E-state index in [9.17, 15) is 0 Å². The quantitative estimate of drug-likeness (QED) is 0.743. The highest BCUT2D eigenvalue weighted by atomic mass is 35.5. The fourth-order valence-electron chi connectivity index (χ4n) is 4.70. The van der Waals surface area contributed by atoms with E-state index in [1.165, 1.54) is 23.1 Å². The van der Waals surface area contributed by atoms with E-state index in [0.717, 1.165) is 25.9 Å². The van der Waals surface area contributed by atoms with Crippen molar-refractivity contribution >= 4 is 23.2 Å². The highest BCUT2D eigenvalue weighted by Crippen LogP contribution is 2.48. The zero-order valence-electron chi connectivity index (χ0n) is 14.8. The number of piperidine rings is 1. The molecule has 2 heterocycles. The first-order chi connectivity index (χ1) is 12.0. The molecule has 0 saturated carbocycles. The Labute approximate surface area is 160 Å².